The summed E-state index contributed by atoms with van der Waals surface area (Å²) in [5.41, 5.74) is -2.84. The molecule has 0 aliphatic carbocycles. The van der Waals surface area contributed by atoms with Gasteiger partial charge in [0.25, 0.3) is 11.8 Å². The number of ether oxygens (including phenoxy) is 1. The molecule has 3 N–H and O–H groups in total. The van der Waals surface area contributed by atoms with Gasteiger partial charge in [-0.3, -0.25) is 9.59 Å². The highest BCUT2D eigenvalue weighted by Crippen LogP contribution is 2.33. The normalized spacial score (nSPS) is 12.8. The molecule has 34 heavy (non-hydrogen) atoms. The third-order valence-electron chi connectivity index (χ3n) is 4.23. The largest absolute Gasteiger partial charge is 0.511 e. The molecule has 0 aliphatic rings. The number of nitrogens with zero attached hydrogens (tertiary/aromatic N) is 1. The molecule has 0 aliphatic heterocycles. The average molecular weight is 504 g/mol. The Labute approximate surface area is 194 Å². The molecule has 2 rings (SSSR count). The van der Waals surface area contributed by atoms with E-state index in [1.165, 1.54) is 18.2 Å². The molecular weight excluding hydrogens is 489 g/mol. The monoisotopic (exact) mass is 503 g/mol. The molecular formula is C21H15ClF5N3O4. The van der Waals surface area contributed by atoms with Crippen LogP contribution in [-0.4, -0.2) is 29.2 Å². The third-order valence-corrected chi connectivity index (χ3v) is 4.54. The number of nitriles is 1. The third kappa shape index (κ3) is 6.14. The molecule has 7 nitrogen and oxygen atoms in total. The van der Waals surface area contributed by atoms with E-state index in [9.17, 15) is 36.6 Å². The van der Waals surface area contributed by atoms with Crippen LogP contribution in [0.3, 0.4) is 0 Å². The molecule has 180 valence electrons. The lowest BCUT2D eigenvalue weighted by Crippen LogP contribution is -2.32. The number of benzene rings is 2. The predicted molar refractivity (Wildman–Crippen MR) is 111 cm³/mol. The van der Waals surface area contributed by atoms with E-state index in [-0.39, 0.29) is 5.02 Å². The van der Waals surface area contributed by atoms with Crippen molar-refractivity contribution in [2.45, 2.75) is 26.1 Å². The second-order valence-corrected chi connectivity index (χ2v) is 7.11. The molecule has 2 aromatic rings. The number of carbonyl (C=O) groups is 2. The summed E-state index contributed by atoms with van der Waals surface area (Å²) in [7, 11) is 0. The fraction of sp³-hybridized carbons (Fsp3) is 0.190. The Hall–Kier alpha value is -3.85. The molecule has 1 atom stereocenters. The quantitative estimate of drug-likeness (QED) is 0.209. The van der Waals surface area contributed by atoms with Crippen LogP contribution in [0.5, 0.6) is 5.75 Å². The van der Waals surface area contributed by atoms with E-state index < -0.39 is 69.7 Å². The fourth-order valence-corrected chi connectivity index (χ4v) is 2.67. The lowest BCUT2D eigenvalue weighted by molar-refractivity contribution is -0.189. The number of amides is 2. The van der Waals surface area contributed by atoms with Crippen LogP contribution in [0.2, 0.25) is 5.02 Å². The highest BCUT2D eigenvalue weighted by Gasteiger charge is 2.39. The van der Waals surface area contributed by atoms with Gasteiger partial charge in [0.2, 0.25) is 0 Å². The zero-order valence-corrected chi connectivity index (χ0v) is 18.1. The topological polar surface area (TPSA) is 111 Å². The number of allylic oxidation sites excluding steroid dienone is 1. The van der Waals surface area contributed by atoms with Gasteiger partial charge in [0, 0.05) is 6.07 Å². The number of anilines is 2. The molecule has 13 heteroatoms. The summed E-state index contributed by atoms with van der Waals surface area (Å²) in [5.74, 6) is -6.33. The van der Waals surface area contributed by atoms with Crippen LogP contribution in [0.4, 0.5) is 33.3 Å². The van der Waals surface area contributed by atoms with Gasteiger partial charge in [-0.2, -0.15) is 18.4 Å². The molecule has 0 bridgehead atoms. The maximum absolute atomic E-state index is 14.7. The summed E-state index contributed by atoms with van der Waals surface area (Å²) in [4.78, 5) is 24.8. The van der Waals surface area contributed by atoms with Crippen molar-refractivity contribution in [3.05, 3.63) is 63.9 Å². The number of hydrogen-bond donors (Lipinski definition) is 3. The lowest BCUT2D eigenvalue weighted by Gasteiger charge is -2.21. The Morgan fingerprint density at radius 2 is 1.82 bits per heavy atom. The molecule has 0 radical (unpaired) electrons. The Bertz CT molecular complexity index is 1180. The standard InChI is InChI=1S/C21H15ClF5N3O4/c1-9(31)12(8-28)20(33)29-16-7-17(34-10(2)21(25,26)27)11(6-15(16)24)19(32)30-18-13(22)4-3-5-14(18)23/h3-7,10,31H,1-2H3,(H,29,33)(H,30,32)/b12-9-/t10-/m0/s1. The number of halogens is 6. The molecule has 0 aromatic heterocycles. The van der Waals surface area contributed by atoms with Crippen molar-refractivity contribution in [2.75, 3.05) is 10.6 Å². The van der Waals surface area contributed by atoms with E-state index in [1.807, 2.05) is 10.6 Å². The number of para-hydroxylation sites is 1. The van der Waals surface area contributed by atoms with Crippen LogP contribution < -0.4 is 15.4 Å². The van der Waals surface area contributed by atoms with Crippen LogP contribution in [0.25, 0.3) is 0 Å². The van der Waals surface area contributed by atoms with Crippen molar-refractivity contribution in [2.24, 2.45) is 0 Å². The van der Waals surface area contributed by atoms with Crippen LogP contribution in [0, 0.1) is 23.0 Å². The van der Waals surface area contributed by atoms with Gasteiger partial charge in [0.1, 0.15) is 29.2 Å². The van der Waals surface area contributed by atoms with Gasteiger partial charge in [-0.15, -0.1) is 0 Å². The van der Waals surface area contributed by atoms with E-state index in [0.717, 1.165) is 13.0 Å². The number of alkyl halides is 3. The van der Waals surface area contributed by atoms with Gasteiger partial charge >= 0.3 is 6.18 Å². The average Bonchev–Trinajstić information content (AvgIpc) is 2.72. The predicted octanol–water partition coefficient (Wildman–Crippen LogP) is 5.49. The van der Waals surface area contributed by atoms with E-state index in [4.69, 9.17) is 21.6 Å². The summed E-state index contributed by atoms with van der Waals surface area (Å²) < 4.78 is 72.6. The first-order valence-electron chi connectivity index (χ1n) is 9.19. The van der Waals surface area contributed by atoms with Crippen molar-refractivity contribution in [1.82, 2.24) is 0 Å². The summed E-state index contributed by atoms with van der Waals surface area (Å²) in [6.45, 7) is 1.62. The first kappa shape index (κ1) is 26.4. The van der Waals surface area contributed by atoms with Crippen LogP contribution in [0.1, 0.15) is 24.2 Å². The second kappa shape index (κ2) is 10.4. The minimum atomic E-state index is -4.88. The first-order chi connectivity index (χ1) is 15.8. The van der Waals surface area contributed by atoms with E-state index in [0.29, 0.717) is 19.1 Å². The summed E-state index contributed by atoms with van der Waals surface area (Å²) in [6.07, 6.45) is -7.36. The van der Waals surface area contributed by atoms with Gasteiger partial charge in [-0.1, -0.05) is 17.7 Å². The smallest absolute Gasteiger partial charge is 0.425 e. The molecule has 0 unspecified atom stereocenters. The Kier molecular flexibility index (Phi) is 8.07. The molecule has 2 aromatic carbocycles. The first-order valence-corrected chi connectivity index (χ1v) is 9.57. The number of carbonyl (C=O) groups excluding carboxylic acids is 2. The number of aliphatic hydroxyl groups excluding tert-OH is 1. The van der Waals surface area contributed by atoms with Gasteiger partial charge < -0.3 is 20.5 Å². The zero-order chi connectivity index (χ0) is 25.8. The van der Waals surface area contributed by atoms with Crippen molar-refractivity contribution < 1.29 is 41.4 Å². The maximum atomic E-state index is 14.7. The minimum absolute atomic E-state index is 0.237. The number of aliphatic hydroxyl groups is 1. The molecule has 0 saturated heterocycles. The maximum Gasteiger partial charge on any atom is 0.425 e. The highest BCUT2D eigenvalue weighted by atomic mass is 35.5. The SMILES string of the molecule is C/C(O)=C(\C#N)C(=O)Nc1cc(O[C@@H](C)C(F)(F)F)c(C(=O)Nc2c(F)cccc2Cl)cc1F. The van der Waals surface area contributed by atoms with Gasteiger partial charge in [-0.05, 0) is 32.0 Å². The van der Waals surface area contributed by atoms with Crippen LogP contribution >= 0.6 is 11.6 Å². The zero-order valence-electron chi connectivity index (χ0n) is 17.4. The fourth-order valence-electron chi connectivity index (χ4n) is 2.46. The lowest BCUT2D eigenvalue weighted by atomic mass is 10.1. The Balaban J connectivity index is 2.54. The summed E-state index contributed by atoms with van der Waals surface area (Å²) in [6, 6.07) is 5.82. The number of hydrogen-bond acceptors (Lipinski definition) is 5. The summed E-state index contributed by atoms with van der Waals surface area (Å²) in [5, 5.41) is 22.0. The van der Waals surface area contributed by atoms with Crippen molar-refractivity contribution in [1.29, 1.82) is 5.26 Å². The van der Waals surface area contributed by atoms with E-state index in [2.05, 4.69) is 0 Å². The van der Waals surface area contributed by atoms with Gasteiger partial charge in [-0.25, -0.2) is 8.78 Å². The summed E-state index contributed by atoms with van der Waals surface area (Å²) >= 11 is 5.82. The van der Waals surface area contributed by atoms with E-state index in [1.54, 1.807) is 0 Å². The Morgan fingerprint density at radius 3 is 2.35 bits per heavy atom. The van der Waals surface area contributed by atoms with Gasteiger partial charge in [0.05, 0.1) is 22.0 Å². The second-order valence-electron chi connectivity index (χ2n) is 6.71. The minimum Gasteiger partial charge on any atom is -0.511 e. The van der Waals surface area contributed by atoms with E-state index >= 15 is 0 Å². The van der Waals surface area contributed by atoms with Crippen LogP contribution in [0.15, 0.2) is 41.7 Å². The number of nitrogens with one attached hydrogen (secondary N) is 2. The van der Waals surface area contributed by atoms with Crippen LogP contribution in [-0.2, 0) is 4.79 Å². The molecule has 0 heterocycles. The van der Waals surface area contributed by atoms with Crippen molar-refractivity contribution in [3.8, 4) is 11.8 Å². The highest BCUT2D eigenvalue weighted by molar-refractivity contribution is 6.34. The van der Waals surface area contributed by atoms with Crippen molar-refractivity contribution >= 4 is 34.8 Å². The Morgan fingerprint density at radius 1 is 1.18 bits per heavy atom. The molecule has 0 fully saturated rings. The van der Waals surface area contributed by atoms with Gasteiger partial charge in [0.15, 0.2) is 11.7 Å². The molecule has 2 amide bonds. The van der Waals surface area contributed by atoms with Crippen molar-refractivity contribution in [3.63, 3.8) is 0 Å². The molecule has 0 spiro atoms. The molecule has 0 saturated carbocycles. The number of rotatable bonds is 6.